The number of anilines is 1. The molecule has 10 heteroatoms. The third-order valence-electron chi connectivity index (χ3n) is 2.22. The molecule has 0 aliphatic heterocycles. The van der Waals surface area contributed by atoms with Crippen LogP contribution in [-0.2, 0) is 22.5 Å². The van der Waals surface area contributed by atoms with Crippen molar-refractivity contribution in [2.75, 3.05) is 11.3 Å². The van der Waals surface area contributed by atoms with Gasteiger partial charge >= 0.3 is 6.18 Å². The Bertz CT molecular complexity index is 496. The van der Waals surface area contributed by atoms with Crippen molar-refractivity contribution in [3.8, 4) is 0 Å². The highest BCUT2D eigenvalue weighted by Gasteiger charge is 2.35. The number of hydrogen-bond acceptors (Lipinski definition) is 4. The second-order valence-corrected chi connectivity index (χ2v) is 7.21. The molecule has 0 aromatic carbocycles. The van der Waals surface area contributed by atoms with Crippen LogP contribution >= 0.6 is 6.64 Å². The molecule has 1 heterocycles. The Labute approximate surface area is 120 Å². The van der Waals surface area contributed by atoms with Crippen molar-refractivity contribution >= 4 is 24.1 Å². The lowest BCUT2D eigenvalue weighted by molar-refractivity contribution is -0.144. The number of aromatic nitrogens is 2. The summed E-state index contributed by atoms with van der Waals surface area (Å²) in [5, 5.41) is 0. The van der Waals surface area contributed by atoms with E-state index in [1.807, 2.05) is 0 Å². The molecule has 0 fully saturated rings. The summed E-state index contributed by atoms with van der Waals surface area (Å²) in [6, 6.07) is -0.280. The Morgan fingerprint density at radius 3 is 2.25 bits per heavy atom. The summed E-state index contributed by atoms with van der Waals surface area (Å²) < 4.78 is 43.7. The van der Waals surface area contributed by atoms with Crippen LogP contribution in [0, 0.1) is 0 Å². The second-order valence-electron chi connectivity index (χ2n) is 4.11. The molecule has 114 valence electrons. The molecule has 1 N–H and O–H groups in total. The Balaban J connectivity index is 3.15. The van der Waals surface area contributed by atoms with Crippen LogP contribution in [0.3, 0.4) is 0 Å². The molecule has 1 aromatic heterocycles. The first kappa shape index (κ1) is 17.3. The van der Waals surface area contributed by atoms with E-state index in [-0.39, 0.29) is 18.3 Å². The van der Waals surface area contributed by atoms with Crippen molar-refractivity contribution < 1.29 is 22.6 Å². The normalized spacial score (nSPS) is 15.2. The smallest absolute Gasteiger partial charge is 0.329 e. The molecule has 1 unspecified atom stereocenters. The summed E-state index contributed by atoms with van der Waals surface area (Å²) in [5.41, 5.74) is 0.187. The zero-order chi connectivity index (χ0) is 15.6. The fraction of sp³-hybridized carbons (Fsp3) is 0.600. The molecule has 0 amide bonds. The Morgan fingerprint density at radius 2 is 1.90 bits per heavy atom. The van der Waals surface area contributed by atoms with E-state index in [0.717, 1.165) is 12.4 Å². The molecular weight excluding hydrogens is 314 g/mol. The highest BCUT2D eigenvalue weighted by molar-refractivity contribution is 8.10. The second kappa shape index (κ2) is 6.34. The quantitative estimate of drug-likeness (QED) is 0.838. The van der Waals surface area contributed by atoms with Gasteiger partial charge in [-0.15, -0.1) is 0 Å². The molecule has 0 aliphatic carbocycles. The Kier molecular flexibility index (Phi) is 5.48. The lowest BCUT2D eigenvalue weighted by Gasteiger charge is -2.34. The van der Waals surface area contributed by atoms with E-state index in [1.54, 1.807) is 20.8 Å². The first-order valence-electron chi connectivity index (χ1n) is 5.76. The van der Waals surface area contributed by atoms with Gasteiger partial charge in [0, 0.05) is 6.04 Å². The molecule has 5 nitrogen and oxygen atoms in total. The molecule has 0 bridgehead atoms. The zero-order valence-corrected chi connectivity index (χ0v) is 12.8. The summed E-state index contributed by atoms with van der Waals surface area (Å²) in [6.07, 6.45) is -2.65. The van der Waals surface area contributed by atoms with Gasteiger partial charge in [-0.1, -0.05) is 0 Å². The summed E-state index contributed by atoms with van der Waals surface area (Å²) in [7, 11) is 0. The Morgan fingerprint density at radius 1 is 1.40 bits per heavy atom. The van der Waals surface area contributed by atoms with Gasteiger partial charge in [-0.05, 0) is 32.6 Å². The minimum absolute atomic E-state index is 0.187. The van der Waals surface area contributed by atoms with Crippen molar-refractivity contribution in [2.24, 2.45) is 0 Å². The van der Waals surface area contributed by atoms with Crippen LogP contribution in [0.4, 0.5) is 18.9 Å². The number of rotatable bonds is 5. The van der Waals surface area contributed by atoms with Crippen LogP contribution in [0.2, 0.25) is 0 Å². The van der Waals surface area contributed by atoms with Crippen molar-refractivity contribution in [2.45, 2.75) is 33.0 Å². The van der Waals surface area contributed by atoms with Crippen molar-refractivity contribution in [1.29, 1.82) is 0 Å². The van der Waals surface area contributed by atoms with E-state index in [0.29, 0.717) is 0 Å². The van der Waals surface area contributed by atoms with Gasteiger partial charge < -0.3 is 9.42 Å². The maximum absolute atomic E-state index is 12.4. The molecule has 0 saturated heterocycles. The first-order valence-corrected chi connectivity index (χ1v) is 8.38. The minimum Gasteiger partial charge on any atom is -0.329 e. The van der Waals surface area contributed by atoms with Crippen LogP contribution in [0.15, 0.2) is 12.4 Å². The molecule has 1 rings (SSSR count). The van der Waals surface area contributed by atoms with Gasteiger partial charge in [-0.25, -0.2) is 9.97 Å². The number of hydrogen-bond donors (Lipinski definition) is 1. The van der Waals surface area contributed by atoms with Crippen molar-refractivity contribution in [3.63, 3.8) is 0 Å². The fourth-order valence-electron chi connectivity index (χ4n) is 1.55. The SMILES string of the molecule is CCOP(O)(=S)N(c1cnc(C(F)(F)F)nc1)C(C)C. The molecule has 0 aliphatic rings. The third kappa shape index (κ3) is 4.12. The van der Waals surface area contributed by atoms with Gasteiger partial charge in [-0.3, -0.25) is 4.67 Å². The predicted molar refractivity (Wildman–Crippen MR) is 72.8 cm³/mol. The predicted octanol–water partition coefficient (Wildman–Crippen LogP) is 2.96. The van der Waals surface area contributed by atoms with Gasteiger partial charge in [0.05, 0.1) is 24.7 Å². The molecule has 20 heavy (non-hydrogen) atoms. The first-order chi connectivity index (χ1) is 9.09. The largest absolute Gasteiger partial charge is 0.451 e. The fourth-order valence-corrected chi connectivity index (χ4v) is 4.16. The third-order valence-corrected chi connectivity index (χ3v) is 4.89. The van der Waals surface area contributed by atoms with E-state index in [4.69, 9.17) is 16.3 Å². The van der Waals surface area contributed by atoms with E-state index < -0.39 is 18.6 Å². The standard InChI is InChI=1S/C10H15F3N3O2PS/c1-4-18-19(17,20)16(7(2)3)8-5-14-9(15-6-8)10(11,12)13/h5-7H,4H2,1-3H3,(H,17,20). The highest BCUT2D eigenvalue weighted by Crippen LogP contribution is 2.50. The highest BCUT2D eigenvalue weighted by atomic mass is 32.5. The van der Waals surface area contributed by atoms with Gasteiger partial charge in [-0.2, -0.15) is 13.2 Å². The van der Waals surface area contributed by atoms with Gasteiger partial charge in [0.25, 0.3) is 6.64 Å². The van der Waals surface area contributed by atoms with Gasteiger partial charge in [0.15, 0.2) is 0 Å². The minimum atomic E-state index is -4.61. The summed E-state index contributed by atoms with van der Waals surface area (Å²) in [4.78, 5) is 16.7. The van der Waals surface area contributed by atoms with E-state index >= 15 is 0 Å². The van der Waals surface area contributed by atoms with Crippen LogP contribution in [0.25, 0.3) is 0 Å². The average molecular weight is 329 g/mol. The van der Waals surface area contributed by atoms with Crippen LogP contribution in [0.1, 0.15) is 26.6 Å². The van der Waals surface area contributed by atoms with E-state index in [2.05, 4.69) is 9.97 Å². The molecule has 0 radical (unpaired) electrons. The number of halogens is 3. The van der Waals surface area contributed by atoms with Crippen LogP contribution in [-0.4, -0.2) is 27.5 Å². The zero-order valence-electron chi connectivity index (χ0n) is 11.1. The molecular formula is C10H15F3N3O2PS. The van der Waals surface area contributed by atoms with Gasteiger partial charge in [0.2, 0.25) is 5.82 Å². The van der Waals surface area contributed by atoms with Crippen molar-refractivity contribution in [1.82, 2.24) is 9.97 Å². The molecule has 0 saturated carbocycles. The Hall–Kier alpha value is -0.760. The van der Waals surface area contributed by atoms with Crippen molar-refractivity contribution in [3.05, 3.63) is 18.2 Å². The average Bonchev–Trinajstić information content (AvgIpc) is 2.27. The molecule has 1 atom stereocenters. The lowest BCUT2D eigenvalue weighted by atomic mass is 10.3. The van der Waals surface area contributed by atoms with E-state index in [9.17, 15) is 18.1 Å². The summed E-state index contributed by atoms with van der Waals surface area (Å²) >= 11 is 5.02. The van der Waals surface area contributed by atoms with Gasteiger partial charge in [0.1, 0.15) is 0 Å². The monoisotopic (exact) mass is 329 g/mol. The topological polar surface area (TPSA) is 58.5 Å². The molecule has 1 aromatic rings. The number of alkyl halides is 3. The summed E-state index contributed by atoms with van der Waals surface area (Å²) in [5.74, 6) is -1.24. The van der Waals surface area contributed by atoms with Crippen LogP contribution in [0.5, 0.6) is 0 Å². The maximum atomic E-state index is 12.4. The summed E-state index contributed by atoms with van der Waals surface area (Å²) in [6.45, 7) is 1.99. The molecule has 0 spiro atoms. The van der Waals surface area contributed by atoms with Crippen LogP contribution < -0.4 is 4.67 Å². The van der Waals surface area contributed by atoms with E-state index in [1.165, 1.54) is 4.67 Å². The number of nitrogens with zero attached hydrogens (tertiary/aromatic N) is 3. The lowest BCUT2D eigenvalue weighted by Crippen LogP contribution is -2.29. The maximum Gasteiger partial charge on any atom is 0.451 e.